The van der Waals surface area contributed by atoms with Gasteiger partial charge in [-0.1, -0.05) is 6.07 Å². The first-order chi connectivity index (χ1) is 6.31. The van der Waals surface area contributed by atoms with Crippen molar-refractivity contribution in [2.24, 2.45) is 4.99 Å². The van der Waals surface area contributed by atoms with Crippen LogP contribution in [0.25, 0.3) is 0 Å². The summed E-state index contributed by atoms with van der Waals surface area (Å²) in [5.41, 5.74) is 1.60. The molecule has 64 valence electrons. The standard InChI is InChI=1S/C10H7FN2/c11-8-1-2-9-7(3-4-12)6-13-10(9)5-8/h1-2,5-7H,3H2/t7-/m1/s1. The Morgan fingerprint density at radius 1 is 1.54 bits per heavy atom. The number of rotatable bonds is 1. The Balaban J connectivity index is 2.39. The van der Waals surface area contributed by atoms with Crippen molar-refractivity contribution in [3.63, 3.8) is 0 Å². The Morgan fingerprint density at radius 3 is 3.15 bits per heavy atom. The van der Waals surface area contributed by atoms with E-state index in [2.05, 4.69) is 11.1 Å². The second-order valence-electron chi connectivity index (χ2n) is 2.95. The lowest BCUT2D eigenvalue weighted by Gasteiger charge is -2.03. The molecule has 0 amide bonds. The molecule has 1 aliphatic heterocycles. The minimum atomic E-state index is -0.284. The number of halogens is 1. The van der Waals surface area contributed by atoms with Crippen molar-refractivity contribution in [2.75, 3.05) is 0 Å². The SMILES string of the molecule is N#CC[C@@H]1C=Nc2cc(F)ccc21. The van der Waals surface area contributed by atoms with Gasteiger partial charge in [-0.25, -0.2) is 4.39 Å². The quantitative estimate of drug-likeness (QED) is 0.644. The first kappa shape index (κ1) is 7.93. The molecule has 0 unspecified atom stereocenters. The number of aliphatic imine (C=N–C) groups is 1. The molecular formula is C10H7FN2. The molecule has 3 heteroatoms. The predicted molar refractivity (Wildman–Crippen MR) is 47.5 cm³/mol. The summed E-state index contributed by atoms with van der Waals surface area (Å²) in [4.78, 5) is 4.04. The second-order valence-corrected chi connectivity index (χ2v) is 2.95. The van der Waals surface area contributed by atoms with Crippen LogP contribution in [0.4, 0.5) is 10.1 Å². The fourth-order valence-electron chi connectivity index (χ4n) is 1.45. The molecule has 0 radical (unpaired) electrons. The fraction of sp³-hybridized carbons (Fsp3) is 0.200. The van der Waals surface area contributed by atoms with Gasteiger partial charge >= 0.3 is 0 Å². The highest BCUT2D eigenvalue weighted by Crippen LogP contribution is 2.33. The molecular weight excluding hydrogens is 167 g/mol. The molecule has 1 heterocycles. The van der Waals surface area contributed by atoms with Gasteiger partial charge in [0.25, 0.3) is 0 Å². The fourth-order valence-corrected chi connectivity index (χ4v) is 1.45. The molecule has 2 rings (SSSR count). The molecule has 0 N–H and O–H groups in total. The Hall–Kier alpha value is -1.69. The maximum Gasteiger partial charge on any atom is 0.125 e. The lowest BCUT2D eigenvalue weighted by atomic mass is 9.99. The summed E-state index contributed by atoms with van der Waals surface area (Å²) in [6.45, 7) is 0. The van der Waals surface area contributed by atoms with Gasteiger partial charge in [0.2, 0.25) is 0 Å². The first-order valence-corrected chi connectivity index (χ1v) is 4.02. The van der Waals surface area contributed by atoms with E-state index in [4.69, 9.17) is 5.26 Å². The monoisotopic (exact) mass is 174 g/mol. The predicted octanol–water partition coefficient (Wildman–Crippen LogP) is 2.54. The highest BCUT2D eigenvalue weighted by atomic mass is 19.1. The number of nitriles is 1. The van der Waals surface area contributed by atoms with Crippen LogP contribution in [-0.4, -0.2) is 6.21 Å². The summed E-state index contributed by atoms with van der Waals surface area (Å²) < 4.78 is 12.7. The molecule has 1 atom stereocenters. The Kier molecular flexibility index (Phi) is 1.82. The molecule has 0 saturated heterocycles. The van der Waals surface area contributed by atoms with Crippen molar-refractivity contribution in [1.29, 1.82) is 5.26 Å². The highest BCUT2D eigenvalue weighted by Gasteiger charge is 2.18. The van der Waals surface area contributed by atoms with Gasteiger partial charge in [-0.3, -0.25) is 4.99 Å². The van der Waals surface area contributed by atoms with E-state index in [9.17, 15) is 4.39 Å². The van der Waals surface area contributed by atoms with Crippen LogP contribution in [-0.2, 0) is 0 Å². The maximum absolute atomic E-state index is 12.7. The molecule has 1 aromatic carbocycles. The Bertz CT molecular complexity index is 404. The third-order valence-electron chi connectivity index (χ3n) is 2.10. The Labute approximate surface area is 75.3 Å². The van der Waals surface area contributed by atoms with Crippen LogP contribution in [0.3, 0.4) is 0 Å². The largest absolute Gasteiger partial charge is 0.260 e. The maximum atomic E-state index is 12.7. The van der Waals surface area contributed by atoms with E-state index in [1.807, 2.05) is 0 Å². The number of benzene rings is 1. The van der Waals surface area contributed by atoms with Crippen LogP contribution in [0.2, 0.25) is 0 Å². The van der Waals surface area contributed by atoms with Gasteiger partial charge in [0.1, 0.15) is 5.82 Å². The summed E-state index contributed by atoms with van der Waals surface area (Å²) in [7, 11) is 0. The van der Waals surface area contributed by atoms with Crippen molar-refractivity contribution in [2.45, 2.75) is 12.3 Å². The molecule has 0 spiro atoms. The average Bonchev–Trinajstić information content (AvgIpc) is 2.49. The summed E-state index contributed by atoms with van der Waals surface area (Å²) >= 11 is 0. The molecule has 0 aromatic heterocycles. The lowest BCUT2D eigenvalue weighted by Crippen LogP contribution is -1.93. The van der Waals surface area contributed by atoms with Gasteiger partial charge < -0.3 is 0 Å². The topological polar surface area (TPSA) is 36.1 Å². The van der Waals surface area contributed by atoms with Crippen molar-refractivity contribution in [1.82, 2.24) is 0 Å². The molecule has 1 aromatic rings. The molecule has 0 bridgehead atoms. The third-order valence-corrected chi connectivity index (χ3v) is 2.10. The van der Waals surface area contributed by atoms with Gasteiger partial charge in [-0.05, 0) is 17.7 Å². The lowest BCUT2D eigenvalue weighted by molar-refractivity contribution is 0.627. The van der Waals surface area contributed by atoms with E-state index in [0.717, 1.165) is 5.56 Å². The van der Waals surface area contributed by atoms with Gasteiger partial charge in [0.15, 0.2) is 0 Å². The van der Waals surface area contributed by atoms with Crippen molar-refractivity contribution >= 4 is 11.9 Å². The minimum Gasteiger partial charge on any atom is -0.260 e. The zero-order valence-corrected chi connectivity index (χ0v) is 6.87. The number of nitrogens with zero attached hydrogens (tertiary/aromatic N) is 2. The normalized spacial score (nSPS) is 18.3. The van der Waals surface area contributed by atoms with E-state index in [0.29, 0.717) is 12.1 Å². The van der Waals surface area contributed by atoms with Gasteiger partial charge in [0.05, 0.1) is 11.8 Å². The number of hydrogen-bond acceptors (Lipinski definition) is 2. The van der Waals surface area contributed by atoms with Crippen molar-refractivity contribution < 1.29 is 4.39 Å². The highest BCUT2D eigenvalue weighted by molar-refractivity contribution is 5.80. The molecule has 13 heavy (non-hydrogen) atoms. The van der Waals surface area contributed by atoms with Crippen molar-refractivity contribution in [3.05, 3.63) is 29.6 Å². The smallest absolute Gasteiger partial charge is 0.125 e. The molecule has 0 aliphatic carbocycles. The molecule has 0 fully saturated rings. The van der Waals surface area contributed by atoms with Crippen LogP contribution < -0.4 is 0 Å². The van der Waals surface area contributed by atoms with Crippen LogP contribution in [0.1, 0.15) is 17.9 Å². The van der Waals surface area contributed by atoms with Crippen molar-refractivity contribution in [3.8, 4) is 6.07 Å². The zero-order chi connectivity index (χ0) is 9.26. The summed E-state index contributed by atoms with van der Waals surface area (Å²) in [6, 6.07) is 6.57. The van der Waals surface area contributed by atoms with Crippen LogP contribution in [0, 0.1) is 17.1 Å². The van der Waals surface area contributed by atoms with Gasteiger partial charge in [-0.2, -0.15) is 5.26 Å². The van der Waals surface area contributed by atoms with Crippen LogP contribution >= 0.6 is 0 Å². The van der Waals surface area contributed by atoms with Crippen LogP contribution in [0.5, 0.6) is 0 Å². The summed E-state index contributed by atoms with van der Waals surface area (Å²) in [5, 5.41) is 8.52. The third kappa shape index (κ3) is 1.31. The van der Waals surface area contributed by atoms with Crippen LogP contribution in [0.15, 0.2) is 23.2 Å². The summed E-state index contributed by atoms with van der Waals surface area (Å²) in [6.07, 6.45) is 2.11. The van der Waals surface area contributed by atoms with E-state index in [-0.39, 0.29) is 11.7 Å². The molecule has 0 saturated carbocycles. The number of hydrogen-bond donors (Lipinski definition) is 0. The summed E-state index contributed by atoms with van der Waals surface area (Å²) in [5.74, 6) is -0.242. The average molecular weight is 174 g/mol. The first-order valence-electron chi connectivity index (χ1n) is 4.02. The molecule has 1 aliphatic rings. The van der Waals surface area contributed by atoms with Gasteiger partial charge in [0, 0.05) is 18.6 Å². The zero-order valence-electron chi connectivity index (χ0n) is 6.87. The Morgan fingerprint density at radius 2 is 2.38 bits per heavy atom. The second kappa shape index (κ2) is 2.98. The minimum absolute atomic E-state index is 0.0422. The van der Waals surface area contributed by atoms with E-state index < -0.39 is 0 Å². The van der Waals surface area contributed by atoms with E-state index >= 15 is 0 Å². The van der Waals surface area contributed by atoms with E-state index in [1.54, 1.807) is 12.3 Å². The van der Waals surface area contributed by atoms with E-state index in [1.165, 1.54) is 12.1 Å². The number of fused-ring (bicyclic) bond motifs is 1. The molecule has 2 nitrogen and oxygen atoms in total. The van der Waals surface area contributed by atoms with Gasteiger partial charge in [-0.15, -0.1) is 0 Å².